The van der Waals surface area contributed by atoms with Crippen molar-refractivity contribution >= 4 is 39.1 Å². The molecule has 0 atom stereocenters. The van der Waals surface area contributed by atoms with Crippen LogP contribution >= 0.6 is 22.9 Å². The highest BCUT2D eigenvalue weighted by Crippen LogP contribution is 2.36. The molecule has 0 aliphatic heterocycles. The second-order valence-corrected chi connectivity index (χ2v) is 6.51. The van der Waals surface area contributed by atoms with Gasteiger partial charge in [-0.2, -0.15) is 5.26 Å². The van der Waals surface area contributed by atoms with E-state index in [0.29, 0.717) is 10.2 Å². The van der Waals surface area contributed by atoms with Crippen molar-refractivity contribution in [2.24, 2.45) is 0 Å². The summed E-state index contributed by atoms with van der Waals surface area (Å²) in [5.74, 6) is -0.370. The normalized spacial score (nSPS) is 10.5. The Kier molecular flexibility index (Phi) is 5.21. The molecular formula is C17H12ClN3O4S. The molecule has 0 saturated heterocycles. The summed E-state index contributed by atoms with van der Waals surface area (Å²) in [5, 5.41) is 11.3. The van der Waals surface area contributed by atoms with Gasteiger partial charge in [0.25, 0.3) is 5.56 Å². The fourth-order valence-electron chi connectivity index (χ4n) is 2.31. The highest BCUT2D eigenvalue weighted by molar-refractivity contribution is 7.16. The zero-order chi connectivity index (χ0) is 18.7. The number of methoxy groups -OCH3 is 1. The van der Waals surface area contributed by atoms with Gasteiger partial charge in [-0.05, 0) is 17.5 Å². The van der Waals surface area contributed by atoms with Gasteiger partial charge in [-0.15, -0.1) is 11.3 Å². The molecule has 0 saturated carbocycles. The van der Waals surface area contributed by atoms with Crippen LogP contribution in [0.1, 0.15) is 12.0 Å². The third-order valence-electron chi connectivity index (χ3n) is 3.58. The Hall–Kier alpha value is -2.89. The van der Waals surface area contributed by atoms with Crippen molar-refractivity contribution in [3.05, 3.63) is 50.8 Å². The molecule has 26 heavy (non-hydrogen) atoms. The maximum Gasteiger partial charge on any atom is 0.313 e. The highest BCUT2D eigenvalue weighted by Gasteiger charge is 2.16. The lowest BCUT2D eigenvalue weighted by atomic mass is 10.2. The van der Waals surface area contributed by atoms with Crippen LogP contribution in [0.4, 0.5) is 0 Å². The topological polar surface area (TPSA) is 94.2 Å². The largest absolute Gasteiger partial charge is 0.493 e. The van der Waals surface area contributed by atoms with Gasteiger partial charge in [-0.25, -0.2) is 4.98 Å². The monoisotopic (exact) mass is 389 g/mol. The number of hydrogen-bond donors (Lipinski definition) is 0. The second-order valence-electron chi connectivity index (χ2n) is 5.21. The molecule has 3 aromatic rings. The van der Waals surface area contributed by atoms with Crippen LogP contribution in [0.15, 0.2) is 34.7 Å². The number of nitrogens with zero attached hydrogens (tertiary/aromatic N) is 3. The predicted octanol–water partition coefficient (Wildman–Crippen LogP) is 2.99. The van der Waals surface area contributed by atoms with Crippen LogP contribution in [0.2, 0.25) is 5.02 Å². The summed E-state index contributed by atoms with van der Waals surface area (Å²) in [6.45, 7) is 0.118. The average molecular weight is 390 g/mol. The third kappa shape index (κ3) is 3.54. The summed E-state index contributed by atoms with van der Waals surface area (Å²) in [4.78, 5) is 29.3. The standard InChI is InChI=1S/C17H12ClN3O4S/c1-24-13-7-10(8-19)6-12(18)15(13)25-14(22)2-4-21-9-20-16-11(17(21)23)3-5-26-16/h3,5-7,9H,2,4H2,1H3. The van der Waals surface area contributed by atoms with Crippen LogP contribution in [0, 0.1) is 11.3 Å². The number of esters is 1. The first-order valence-electron chi connectivity index (χ1n) is 7.44. The quantitative estimate of drug-likeness (QED) is 0.491. The fraction of sp³-hybridized carbons (Fsp3) is 0.176. The molecule has 0 radical (unpaired) electrons. The molecule has 0 N–H and O–H groups in total. The zero-order valence-corrected chi connectivity index (χ0v) is 15.1. The molecule has 0 bridgehead atoms. The minimum atomic E-state index is -0.591. The molecule has 2 heterocycles. The molecule has 0 fully saturated rings. The van der Waals surface area contributed by atoms with Gasteiger partial charge in [0.15, 0.2) is 11.5 Å². The Labute approximate surface area is 157 Å². The number of fused-ring (bicyclic) bond motifs is 1. The van der Waals surface area contributed by atoms with Crippen molar-refractivity contribution in [2.45, 2.75) is 13.0 Å². The average Bonchev–Trinajstić information content (AvgIpc) is 3.12. The van der Waals surface area contributed by atoms with E-state index in [1.807, 2.05) is 6.07 Å². The van der Waals surface area contributed by atoms with Gasteiger partial charge < -0.3 is 9.47 Å². The fourth-order valence-corrected chi connectivity index (χ4v) is 3.29. The lowest BCUT2D eigenvalue weighted by Crippen LogP contribution is -2.22. The Morgan fingerprint density at radius 1 is 1.46 bits per heavy atom. The van der Waals surface area contributed by atoms with E-state index in [9.17, 15) is 9.59 Å². The number of benzene rings is 1. The lowest BCUT2D eigenvalue weighted by Gasteiger charge is -2.11. The van der Waals surface area contributed by atoms with Crippen LogP contribution in [-0.4, -0.2) is 22.6 Å². The van der Waals surface area contributed by atoms with E-state index >= 15 is 0 Å². The van der Waals surface area contributed by atoms with Crippen molar-refractivity contribution in [1.29, 1.82) is 5.26 Å². The molecule has 0 aliphatic rings. The number of nitriles is 1. The van der Waals surface area contributed by atoms with E-state index in [1.54, 1.807) is 11.4 Å². The molecule has 0 spiro atoms. The number of aryl methyl sites for hydroxylation is 1. The van der Waals surface area contributed by atoms with Crippen molar-refractivity contribution < 1.29 is 14.3 Å². The van der Waals surface area contributed by atoms with Gasteiger partial charge in [0, 0.05) is 12.6 Å². The van der Waals surface area contributed by atoms with E-state index < -0.39 is 5.97 Å². The molecule has 7 nitrogen and oxygen atoms in total. The van der Waals surface area contributed by atoms with E-state index in [1.165, 1.54) is 41.5 Å². The predicted molar refractivity (Wildman–Crippen MR) is 96.9 cm³/mol. The molecule has 0 unspecified atom stereocenters. The minimum absolute atomic E-state index is 0.0388. The van der Waals surface area contributed by atoms with Gasteiger partial charge in [0.1, 0.15) is 4.83 Å². The Bertz CT molecular complexity index is 1080. The van der Waals surface area contributed by atoms with Gasteiger partial charge in [0.2, 0.25) is 0 Å². The number of thiophene rings is 1. The van der Waals surface area contributed by atoms with Gasteiger partial charge in [-0.3, -0.25) is 14.2 Å². The highest BCUT2D eigenvalue weighted by atomic mass is 35.5. The van der Waals surface area contributed by atoms with Crippen LogP contribution in [0.25, 0.3) is 10.2 Å². The number of halogens is 1. The summed E-state index contributed by atoms with van der Waals surface area (Å²) in [6.07, 6.45) is 1.35. The summed E-state index contributed by atoms with van der Waals surface area (Å²) < 4.78 is 11.7. The SMILES string of the molecule is COc1cc(C#N)cc(Cl)c1OC(=O)CCn1cnc2sccc2c1=O. The molecule has 0 aliphatic carbocycles. The maximum absolute atomic E-state index is 12.3. The van der Waals surface area contributed by atoms with Gasteiger partial charge >= 0.3 is 5.97 Å². The first-order chi connectivity index (χ1) is 12.5. The van der Waals surface area contributed by atoms with Crippen molar-refractivity contribution in [2.75, 3.05) is 7.11 Å². The van der Waals surface area contributed by atoms with Crippen molar-refractivity contribution in [3.8, 4) is 17.6 Å². The van der Waals surface area contributed by atoms with Gasteiger partial charge in [0.05, 0.1) is 41.9 Å². The summed E-state index contributed by atoms with van der Waals surface area (Å²) >= 11 is 7.44. The zero-order valence-electron chi connectivity index (χ0n) is 13.6. The molecular weight excluding hydrogens is 378 g/mol. The number of aromatic nitrogens is 2. The number of hydrogen-bond acceptors (Lipinski definition) is 7. The van der Waals surface area contributed by atoms with E-state index in [0.717, 1.165) is 0 Å². The van der Waals surface area contributed by atoms with E-state index in [4.69, 9.17) is 26.3 Å². The lowest BCUT2D eigenvalue weighted by molar-refractivity contribution is -0.134. The van der Waals surface area contributed by atoms with Crippen LogP contribution in [-0.2, 0) is 11.3 Å². The molecule has 3 rings (SSSR count). The molecule has 132 valence electrons. The number of rotatable bonds is 5. The summed E-state index contributed by atoms with van der Waals surface area (Å²) in [5.41, 5.74) is 0.0753. The minimum Gasteiger partial charge on any atom is -0.493 e. The number of ether oxygens (including phenoxy) is 2. The van der Waals surface area contributed by atoms with Crippen LogP contribution in [0.3, 0.4) is 0 Å². The van der Waals surface area contributed by atoms with Crippen molar-refractivity contribution in [1.82, 2.24) is 9.55 Å². The second kappa shape index (κ2) is 7.56. The Morgan fingerprint density at radius 3 is 3.00 bits per heavy atom. The number of carbonyl (C=O) groups excluding carboxylic acids is 1. The van der Waals surface area contributed by atoms with E-state index in [2.05, 4.69) is 4.98 Å². The first kappa shape index (κ1) is 17.9. The molecule has 2 aromatic heterocycles. The Balaban J connectivity index is 1.74. The Morgan fingerprint density at radius 2 is 2.27 bits per heavy atom. The summed E-state index contributed by atoms with van der Waals surface area (Å²) in [6, 6.07) is 6.44. The van der Waals surface area contributed by atoms with Crippen LogP contribution in [0.5, 0.6) is 11.5 Å². The summed E-state index contributed by atoms with van der Waals surface area (Å²) in [7, 11) is 1.38. The van der Waals surface area contributed by atoms with Crippen molar-refractivity contribution in [3.63, 3.8) is 0 Å². The molecule has 0 amide bonds. The smallest absolute Gasteiger partial charge is 0.313 e. The molecule has 1 aromatic carbocycles. The third-order valence-corrected chi connectivity index (χ3v) is 4.68. The van der Waals surface area contributed by atoms with Gasteiger partial charge in [-0.1, -0.05) is 11.6 Å². The number of carbonyl (C=O) groups is 1. The maximum atomic E-state index is 12.3. The van der Waals surface area contributed by atoms with E-state index in [-0.39, 0.29) is 40.6 Å². The molecule has 9 heteroatoms. The van der Waals surface area contributed by atoms with Crippen LogP contribution < -0.4 is 15.0 Å². The first-order valence-corrected chi connectivity index (χ1v) is 8.70.